The average Bonchev–Trinajstić information content (AvgIpc) is 3.44. The first-order chi connectivity index (χ1) is 19.5. The number of aliphatic hydroxyl groups excluding tert-OH is 4. The quantitative estimate of drug-likeness (QED) is 0.135. The van der Waals surface area contributed by atoms with Crippen LogP contribution in [0.4, 0.5) is 14.6 Å². The van der Waals surface area contributed by atoms with Crippen molar-refractivity contribution in [1.29, 1.82) is 0 Å². The Labute approximate surface area is 241 Å². The normalized spacial score (nSPS) is 37.4. The molecule has 2 aromatic heterocycles. The van der Waals surface area contributed by atoms with Gasteiger partial charge in [0.25, 0.3) is 0 Å². The van der Waals surface area contributed by atoms with Crippen LogP contribution in [-0.4, -0.2) is 115 Å². The lowest BCUT2D eigenvalue weighted by Crippen LogP contribution is -2.60. The molecule has 2 aliphatic heterocycles. The first-order valence-electron chi connectivity index (χ1n) is 12.2. The summed E-state index contributed by atoms with van der Waals surface area (Å²) in [6.07, 6.45) is -13.0. The summed E-state index contributed by atoms with van der Waals surface area (Å²) in [5, 5.41) is 41.6. The summed E-state index contributed by atoms with van der Waals surface area (Å²) in [6.45, 7) is -5.28. The van der Waals surface area contributed by atoms with Gasteiger partial charge in [-0.05, 0) is 25.8 Å². The highest BCUT2D eigenvalue weighted by atomic mass is 32.5. The lowest BCUT2D eigenvalue weighted by molar-refractivity contribution is -0.287. The first-order valence-corrected chi connectivity index (χ1v) is 16.2. The van der Waals surface area contributed by atoms with Gasteiger partial charge in [-0.15, -0.1) is 0 Å². The minimum Gasteiger partial charge on any atom is -0.458 e. The smallest absolute Gasteiger partial charge is 0.458 e. The number of nitrogen functional groups attached to an aromatic ring is 1. The molecule has 238 valence electrons. The molecule has 0 radical (unpaired) electrons. The Morgan fingerprint density at radius 1 is 1.24 bits per heavy atom. The van der Waals surface area contributed by atoms with Gasteiger partial charge >= 0.3 is 14.5 Å². The summed E-state index contributed by atoms with van der Waals surface area (Å²) in [4.78, 5) is 28.5. The van der Waals surface area contributed by atoms with E-state index in [1.54, 1.807) is 0 Å². The molecule has 42 heavy (non-hydrogen) atoms. The first kappa shape index (κ1) is 33.6. The fourth-order valence-electron chi connectivity index (χ4n) is 4.80. The number of aromatic nitrogens is 2. The molecule has 9 N–H and O–H groups in total. The van der Waals surface area contributed by atoms with Gasteiger partial charge in [-0.2, -0.15) is 0 Å². The molecule has 0 saturated carbocycles. The second-order valence-corrected chi connectivity index (χ2v) is 14.0. The fourth-order valence-corrected chi connectivity index (χ4v) is 7.90. The lowest BCUT2D eigenvalue weighted by Gasteiger charge is -2.41. The Bertz CT molecular complexity index is 1360. The molecule has 0 aromatic carbocycles. The van der Waals surface area contributed by atoms with Crippen LogP contribution in [0.2, 0.25) is 0 Å². The number of phosphoric acid groups is 1. The SMILES string of the molecule is CN[C@@H]1[C@@H](COP(O)(=S)OP(=O)(O)OC2OC([C@@H](F)CO)C(O)C(O)C2O)O[C@@H](c2coc3c(N)ncnc23)[C@]1(C)F. The van der Waals surface area contributed by atoms with Crippen LogP contribution in [-0.2, 0) is 39.2 Å². The van der Waals surface area contributed by atoms with Crippen molar-refractivity contribution < 1.29 is 70.8 Å². The molecule has 2 fully saturated rings. The summed E-state index contributed by atoms with van der Waals surface area (Å²) in [7, 11) is -4.05. The van der Waals surface area contributed by atoms with E-state index < -0.39 is 88.6 Å². The second kappa shape index (κ2) is 12.6. The van der Waals surface area contributed by atoms with Gasteiger partial charge in [0.05, 0.1) is 25.5 Å². The number of nitrogens with two attached hydrogens (primary N) is 1. The molecule has 2 aliphatic rings. The van der Waals surface area contributed by atoms with Gasteiger partial charge in [0, 0.05) is 5.56 Å². The van der Waals surface area contributed by atoms with E-state index in [4.69, 9.17) is 41.1 Å². The van der Waals surface area contributed by atoms with Crippen LogP contribution in [0.5, 0.6) is 0 Å². The molecular weight excluding hydrogens is 636 g/mol. The number of ether oxygens (including phenoxy) is 2. The molecule has 2 saturated heterocycles. The van der Waals surface area contributed by atoms with Gasteiger partial charge in [-0.1, -0.05) is 0 Å². The number of furan rings is 1. The lowest BCUT2D eigenvalue weighted by atomic mass is 9.89. The summed E-state index contributed by atoms with van der Waals surface area (Å²) in [6, 6.07) is -1.09. The molecule has 4 rings (SSSR count). The van der Waals surface area contributed by atoms with E-state index in [-0.39, 0.29) is 22.5 Å². The van der Waals surface area contributed by atoms with E-state index in [0.717, 1.165) is 6.33 Å². The molecule has 12 atom stereocenters. The molecule has 0 bridgehead atoms. The molecule has 0 amide bonds. The third-order valence-corrected chi connectivity index (χ3v) is 10.3. The number of hydrogen-bond acceptors (Lipinski definition) is 16. The van der Waals surface area contributed by atoms with E-state index in [0.29, 0.717) is 0 Å². The van der Waals surface area contributed by atoms with Crippen LogP contribution in [0, 0.1) is 0 Å². The number of anilines is 1. The maximum Gasteiger partial charge on any atom is 0.481 e. The number of alkyl halides is 2. The summed E-state index contributed by atoms with van der Waals surface area (Å²) in [5.41, 5.74) is 4.17. The topological polar surface area (TPSA) is 262 Å². The summed E-state index contributed by atoms with van der Waals surface area (Å²) in [5.74, 6) is 0.0221. The molecule has 7 unspecified atom stereocenters. The minimum atomic E-state index is -5.49. The van der Waals surface area contributed by atoms with Crippen molar-refractivity contribution in [1.82, 2.24) is 15.3 Å². The molecule has 22 heteroatoms. The van der Waals surface area contributed by atoms with Crippen LogP contribution in [0.25, 0.3) is 11.1 Å². The molecule has 4 heterocycles. The van der Waals surface area contributed by atoms with Crippen LogP contribution < -0.4 is 11.1 Å². The van der Waals surface area contributed by atoms with E-state index >= 15 is 4.39 Å². The predicted molar refractivity (Wildman–Crippen MR) is 139 cm³/mol. The average molecular weight is 666 g/mol. The Morgan fingerprint density at radius 3 is 2.57 bits per heavy atom. The van der Waals surface area contributed by atoms with E-state index in [9.17, 15) is 34.1 Å². The number of nitrogens with one attached hydrogen (secondary N) is 1. The van der Waals surface area contributed by atoms with E-state index in [1.165, 1.54) is 20.2 Å². The largest absolute Gasteiger partial charge is 0.481 e. The standard InChI is InChI=1S/C20H30F2N4O13P2S/c1-20(22)16(24-2)9(36-17(20)7-4-34-15-10(7)25-6-26-18(15)23)5-35-41(33,42)39-40(31,32)38-19-13(30)11(28)12(29)14(37-19)8(21)3-27/h4,6,8-9,11-14,16-17,19,24,27-30H,3,5H2,1-2H3,(H,31,32)(H,33,42)(H2,23,25,26)/t8-,9+,11?,12?,13?,14?,16+,17-,19?,20+,41?/m0/s1. The van der Waals surface area contributed by atoms with Crippen molar-refractivity contribution >= 4 is 43.3 Å². The number of hydrogen-bond donors (Lipinski definition) is 8. The van der Waals surface area contributed by atoms with Crippen LogP contribution in [0.1, 0.15) is 18.6 Å². The van der Waals surface area contributed by atoms with Crippen molar-refractivity contribution in [2.75, 3.05) is 26.0 Å². The van der Waals surface area contributed by atoms with Crippen LogP contribution >= 0.6 is 14.5 Å². The Morgan fingerprint density at radius 2 is 1.93 bits per heavy atom. The van der Waals surface area contributed by atoms with Gasteiger partial charge in [0.2, 0.25) is 0 Å². The number of rotatable bonds is 11. The molecule has 17 nitrogen and oxygen atoms in total. The van der Waals surface area contributed by atoms with Gasteiger partial charge in [-0.3, -0.25) is 4.52 Å². The maximum absolute atomic E-state index is 16.1. The third kappa shape index (κ3) is 6.68. The molecule has 0 spiro atoms. The number of nitrogens with zero attached hydrogens (tertiary/aromatic N) is 2. The van der Waals surface area contributed by atoms with Crippen molar-refractivity contribution in [2.24, 2.45) is 0 Å². The van der Waals surface area contributed by atoms with Gasteiger partial charge < -0.3 is 59.7 Å². The molecular formula is C20H30F2N4O13P2S. The maximum atomic E-state index is 16.1. The summed E-state index contributed by atoms with van der Waals surface area (Å²) >= 11 is 4.78. The Hall–Kier alpha value is -1.32. The second-order valence-electron chi connectivity index (χ2n) is 9.66. The van der Waals surface area contributed by atoms with Crippen LogP contribution in [0.15, 0.2) is 17.0 Å². The monoisotopic (exact) mass is 666 g/mol. The number of phosphoric ester groups is 1. The highest BCUT2D eigenvalue weighted by Crippen LogP contribution is 2.62. The highest BCUT2D eigenvalue weighted by molar-refractivity contribution is 8.08. The van der Waals surface area contributed by atoms with Crippen molar-refractivity contribution in [3.8, 4) is 0 Å². The van der Waals surface area contributed by atoms with Crippen molar-refractivity contribution in [2.45, 2.75) is 67.7 Å². The highest BCUT2D eigenvalue weighted by Gasteiger charge is 2.56. The van der Waals surface area contributed by atoms with Gasteiger partial charge in [0.15, 0.2) is 29.5 Å². The van der Waals surface area contributed by atoms with E-state index in [1.807, 2.05) is 0 Å². The number of likely N-dealkylation sites (N-methyl/N-ethyl adjacent to an activating group) is 1. The number of halogens is 2. The number of fused-ring (bicyclic) bond motifs is 1. The van der Waals surface area contributed by atoms with Crippen LogP contribution in [0.3, 0.4) is 0 Å². The number of aliphatic hydroxyl groups is 4. The van der Waals surface area contributed by atoms with Crippen molar-refractivity contribution in [3.05, 3.63) is 18.2 Å². The zero-order chi connectivity index (χ0) is 31.2. The predicted octanol–water partition coefficient (Wildman–Crippen LogP) is -0.934. The van der Waals surface area contributed by atoms with E-state index in [2.05, 4.69) is 24.1 Å². The Balaban J connectivity index is 1.44. The third-order valence-electron chi connectivity index (χ3n) is 6.79. The van der Waals surface area contributed by atoms with Gasteiger partial charge in [-0.25, -0.2) is 27.6 Å². The zero-order valence-electron chi connectivity index (χ0n) is 21.8. The van der Waals surface area contributed by atoms with Crippen molar-refractivity contribution in [3.63, 3.8) is 0 Å². The summed E-state index contributed by atoms with van der Waals surface area (Å²) < 4.78 is 73.0. The molecule has 2 aromatic rings. The Kier molecular flexibility index (Phi) is 10.1. The molecule has 0 aliphatic carbocycles. The van der Waals surface area contributed by atoms with Gasteiger partial charge in [0.1, 0.15) is 48.5 Å². The zero-order valence-corrected chi connectivity index (χ0v) is 24.4. The minimum absolute atomic E-state index is 0.0221. The fraction of sp³-hybridized carbons (Fsp3) is 0.700.